The lowest BCUT2D eigenvalue weighted by atomic mass is 9.94. The van der Waals surface area contributed by atoms with Gasteiger partial charge in [0, 0.05) is 19.2 Å². The summed E-state index contributed by atoms with van der Waals surface area (Å²) in [5, 5.41) is 3.52. The van der Waals surface area contributed by atoms with E-state index < -0.39 is 0 Å². The quantitative estimate of drug-likeness (QED) is 0.683. The van der Waals surface area contributed by atoms with Crippen LogP contribution in [0.15, 0.2) is 22.2 Å². The molecule has 1 amide bonds. The first-order valence-corrected chi connectivity index (χ1v) is 8.04. The summed E-state index contributed by atoms with van der Waals surface area (Å²) < 4.78 is 10.6. The highest BCUT2D eigenvalue weighted by Crippen LogP contribution is 2.27. The SMILES string of the molecule is COCc1ccc(/C=C2/NC(=S)N(C3CCCCC3)C2=O)o1. The minimum Gasteiger partial charge on any atom is -0.459 e. The number of hydrogen-bond donors (Lipinski definition) is 1. The van der Waals surface area contributed by atoms with Crippen molar-refractivity contribution < 1.29 is 13.9 Å². The fourth-order valence-corrected chi connectivity index (χ4v) is 3.40. The van der Waals surface area contributed by atoms with Gasteiger partial charge >= 0.3 is 0 Å². The van der Waals surface area contributed by atoms with Crippen LogP contribution < -0.4 is 5.32 Å². The van der Waals surface area contributed by atoms with Gasteiger partial charge in [-0.2, -0.15) is 0 Å². The molecule has 1 aromatic rings. The van der Waals surface area contributed by atoms with Crippen LogP contribution in [0.4, 0.5) is 0 Å². The van der Waals surface area contributed by atoms with Crippen molar-refractivity contribution in [2.75, 3.05) is 7.11 Å². The Hall–Kier alpha value is -1.66. The Morgan fingerprint density at radius 2 is 2.18 bits per heavy atom. The molecule has 0 bridgehead atoms. The number of thiocarbonyl (C=S) groups is 1. The van der Waals surface area contributed by atoms with Crippen LogP contribution in [0.3, 0.4) is 0 Å². The first kappa shape index (κ1) is 15.2. The second kappa shape index (κ2) is 6.62. The molecule has 0 spiro atoms. The lowest BCUT2D eigenvalue weighted by Crippen LogP contribution is -2.41. The van der Waals surface area contributed by atoms with E-state index in [-0.39, 0.29) is 11.9 Å². The Labute approximate surface area is 135 Å². The number of carbonyl (C=O) groups is 1. The number of amides is 1. The van der Waals surface area contributed by atoms with Gasteiger partial charge in [-0.3, -0.25) is 9.69 Å². The first-order valence-electron chi connectivity index (χ1n) is 7.63. The van der Waals surface area contributed by atoms with Crippen molar-refractivity contribution in [1.29, 1.82) is 0 Å². The van der Waals surface area contributed by atoms with Gasteiger partial charge in [0.1, 0.15) is 23.8 Å². The van der Waals surface area contributed by atoms with Gasteiger partial charge < -0.3 is 14.5 Å². The van der Waals surface area contributed by atoms with Crippen LogP contribution in [0.2, 0.25) is 0 Å². The molecule has 0 aromatic carbocycles. The van der Waals surface area contributed by atoms with Crippen molar-refractivity contribution in [3.8, 4) is 0 Å². The van der Waals surface area contributed by atoms with E-state index in [1.165, 1.54) is 6.42 Å². The highest BCUT2D eigenvalue weighted by Gasteiger charge is 2.36. The van der Waals surface area contributed by atoms with Crippen LogP contribution in [0.5, 0.6) is 0 Å². The highest BCUT2D eigenvalue weighted by molar-refractivity contribution is 7.80. The summed E-state index contributed by atoms with van der Waals surface area (Å²) in [7, 11) is 1.61. The number of rotatable bonds is 4. The van der Waals surface area contributed by atoms with E-state index in [1.807, 2.05) is 12.1 Å². The van der Waals surface area contributed by atoms with Gasteiger partial charge in [-0.1, -0.05) is 19.3 Å². The van der Waals surface area contributed by atoms with E-state index in [0.717, 1.165) is 31.4 Å². The molecule has 6 heteroatoms. The Morgan fingerprint density at radius 3 is 2.91 bits per heavy atom. The zero-order chi connectivity index (χ0) is 15.5. The zero-order valence-electron chi connectivity index (χ0n) is 12.6. The molecule has 1 saturated carbocycles. The number of methoxy groups -OCH3 is 1. The van der Waals surface area contributed by atoms with Crippen LogP contribution in [0, 0.1) is 0 Å². The van der Waals surface area contributed by atoms with Gasteiger partial charge in [-0.05, 0) is 37.2 Å². The zero-order valence-corrected chi connectivity index (χ0v) is 13.4. The van der Waals surface area contributed by atoms with E-state index >= 15 is 0 Å². The Bertz CT molecular complexity index is 602. The summed E-state index contributed by atoms with van der Waals surface area (Å²) >= 11 is 5.34. The minimum atomic E-state index is -0.0541. The van der Waals surface area contributed by atoms with Crippen molar-refractivity contribution in [3.63, 3.8) is 0 Å². The lowest BCUT2D eigenvalue weighted by molar-refractivity contribution is -0.124. The third-order valence-electron chi connectivity index (χ3n) is 4.11. The summed E-state index contributed by atoms with van der Waals surface area (Å²) in [4.78, 5) is 14.3. The molecule has 22 heavy (non-hydrogen) atoms. The summed E-state index contributed by atoms with van der Waals surface area (Å²) in [6.07, 6.45) is 7.33. The lowest BCUT2D eigenvalue weighted by Gasteiger charge is -2.29. The molecule has 1 aliphatic heterocycles. The molecule has 1 saturated heterocycles. The number of nitrogens with one attached hydrogen (secondary N) is 1. The molecular formula is C16H20N2O3S. The molecule has 0 atom stereocenters. The Balaban J connectivity index is 1.75. The molecule has 1 aromatic heterocycles. The third kappa shape index (κ3) is 3.08. The maximum absolute atomic E-state index is 12.6. The average molecular weight is 320 g/mol. The van der Waals surface area contributed by atoms with Crippen molar-refractivity contribution in [1.82, 2.24) is 10.2 Å². The second-order valence-corrected chi connectivity index (χ2v) is 6.08. The number of hydrogen-bond acceptors (Lipinski definition) is 4. The number of carbonyl (C=O) groups excluding carboxylic acids is 1. The molecule has 118 valence electrons. The predicted octanol–water partition coefficient (Wildman–Crippen LogP) is 2.82. The van der Waals surface area contributed by atoms with E-state index in [9.17, 15) is 4.79 Å². The van der Waals surface area contributed by atoms with E-state index in [0.29, 0.717) is 23.2 Å². The summed E-state index contributed by atoms with van der Waals surface area (Å²) in [5.41, 5.74) is 0.480. The maximum atomic E-state index is 12.6. The standard InChI is InChI=1S/C16H20N2O3S/c1-20-10-13-8-7-12(21-13)9-14-15(19)18(16(22)17-14)11-5-3-2-4-6-11/h7-9,11H,2-6,10H2,1H3,(H,17,22)/b14-9+. The molecule has 0 radical (unpaired) electrons. The molecule has 1 N–H and O–H groups in total. The molecule has 5 nitrogen and oxygen atoms in total. The summed E-state index contributed by atoms with van der Waals surface area (Å²) in [5.74, 6) is 1.30. The largest absolute Gasteiger partial charge is 0.459 e. The predicted molar refractivity (Wildman–Crippen MR) is 86.9 cm³/mol. The van der Waals surface area contributed by atoms with Crippen LogP contribution >= 0.6 is 12.2 Å². The number of nitrogens with zero attached hydrogens (tertiary/aromatic N) is 1. The van der Waals surface area contributed by atoms with Crippen molar-refractivity contribution in [2.45, 2.75) is 44.8 Å². The summed E-state index contributed by atoms with van der Waals surface area (Å²) in [6, 6.07) is 3.89. The highest BCUT2D eigenvalue weighted by atomic mass is 32.1. The fraction of sp³-hybridized carbons (Fsp3) is 0.500. The van der Waals surface area contributed by atoms with Gasteiger partial charge in [0.05, 0.1) is 0 Å². The smallest absolute Gasteiger partial charge is 0.276 e. The van der Waals surface area contributed by atoms with Crippen molar-refractivity contribution in [3.05, 3.63) is 29.4 Å². The monoisotopic (exact) mass is 320 g/mol. The number of ether oxygens (including phenoxy) is 1. The van der Waals surface area contributed by atoms with Crippen molar-refractivity contribution in [2.24, 2.45) is 0 Å². The van der Waals surface area contributed by atoms with Crippen LogP contribution in [-0.4, -0.2) is 29.1 Å². The van der Waals surface area contributed by atoms with Crippen LogP contribution in [-0.2, 0) is 16.1 Å². The molecule has 3 rings (SSSR count). The number of furan rings is 1. The van der Waals surface area contributed by atoms with Gasteiger partial charge in [-0.15, -0.1) is 0 Å². The van der Waals surface area contributed by atoms with E-state index in [4.69, 9.17) is 21.4 Å². The van der Waals surface area contributed by atoms with Crippen LogP contribution in [0.1, 0.15) is 43.6 Å². The maximum Gasteiger partial charge on any atom is 0.276 e. The molecule has 0 unspecified atom stereocenters. The molecule has 1 aliphatic carbocycles. The molecule has 2 fully saturated rings. The summed E-state index contributed by atoms with van der Waals surface area (Å²) in [6.45, 7) is 0.414. The van der Waals surface area contributed by atoms with Gasteiger partial charge in [0.2, 0.25) is 0 Å². The first-order chi connectivity index (χ1) is 10.7. The third-order valence-corrected chi connectivity index (χ3v) is 4.40. The molecular weight excluding hydrogens is 300 g/mol. The van der Waals surface area contributed by atoms with Crippen LogP contribution in [0.25, 0.3) is 6.08 Å². The minimum absolute atomic E-state index is 0.0541. The molecule has 2 heterocycles. The van der Waals surface area contributed by atoms with Crippen molar-refractivity contribution >= 4 is 29.3 Å². The normalized spacial score (nSPS) is 21.7. The Morgan fingerprint density at radius 1 is 1.41 bits per heavy atom. The van der Waals surface area contributed by atoms with E-state index in [2.05, 4.69) is 5.32 Å². The van der Waals surface area contributed by atoms with Gasteiger partial charge in [0.25, 0.3) is 5.91 Å². The fourth-order valence-electron chi connectivity index (χ4n) is 3.05. The topological polar surface area (TPSA) is 54.7 Å². The van der Waals surface area contributed by atoms with E-state index in [1.54, 1.807) is 18.1 Å². The van der Waals surface area contributed by atoms with Gasteiger partial charge in [0.15, 0.2) is 5.11 Å². The Kier molecular flexibility index (Phi) is 4.59. The average Bonchev–Trinajstić information content (AvgIpc) is 3.06. The molecule has 2 aliphatic rings. The van der Waals surface area contributed by atoms with Gasteiger partial charge in [-0.25, -0.2) is 0 Å². The second-order valence-electron chi connectivity index (χ2n) is 5.69.